The Morgan fingerprint density at radius 2 is 1.76 bits per heavy atom. The van der Waals surface area contributed by atoms with Crippen LogP contribution < -0.4 is 20.9 Å². The summed E-state index contributed by atoms with van der Waals surface area (Å²) < 4.78 is 0. The zero-order valence-corrected chi connectivity index (χ0v) is 20.5. The number of carbonyl (C=O) groups excluding carboxylic acids is 1. The number of amides is 1. The molecule has 0 bridgehead atoms. The van der Waals surface area contributed by atoms with E-state index in [1.165, 1.54) is 24.1 Å². The lowest BCUT2D eigenvalue weighted by Crippen LogP contribution is -2.38. The van der Waals surface area contributed by atoms with E-state index in [1.807, 2.05) is 31.2 Å². The third-order valence-corrected chi connectivity index (χ3v) is 6.16. The summed E-state index contributed by atoms with van der Waals surface area (Å²) >= 11 is 0. The summed E-state index contributed by atoms with van der Waals surface area (Å²) in [6.45, 7) is 11.9. The van der Waals surface area contributed by atoms with Gasteiger partial charge in [-0.2, -0.15) is 0 Å². The van der Waals surface area contributed by atoms with Crippen molar-refractivity contribution in [3.63, 3.8) is 0 Å². The highest BCUT2D eigenvalue weighted by Gasteiger charge is 2.14. The van der Waals surface area contributed by atoms with Gasteiger partial charge in [0.15, 0.2) is 5.96 Å². The van der Waals surface area contributed by atoms with Crippen molar-refractivity contribution in [1.82, 2.24) is 16.0 Å². The van der Waals surface area contributed by atoms with E-state index in [-0.39, 0.29) is 18.0 Å². The van der Waals surface area contributed by atoms with Crippen molar-refractivity contribution in [2.75, 3.05) is 24.5 Å². The van der Waals surface area contributed by atoms with Crippen LogP contribution in [0.2, 0.25) is 0 Å². The van der Waals surface area contributed by atoms with Crippen LogP contribution in [0.1, 0.15) is 74.5 Å². The molecule has 2 atom stereocenters. The molecule has 2 aromatic rings. The number of hydrogen-bond acceptors (Lipinski definition) is 3. The summed E-state index contributed by atoms with van der Waals surface area (Å²) in [5.41, 5.74) is 4.30. The molecule has 0 spiro atoms. The summed E-state index contributed by atoms with van der Waals surface area (Å²) in [5, 5.41) is 9.88. The normalized spacial score (nSPS) is 15.8. The van der Waals surface area contributed by atoms with Gasteiger partial charge in [-0.25, -0.2) is 4.99 Å². The van der Waals surface area contributed by atoms with Gasteiger partial charge in [0, 0.05) is 36.9 Å². The molecule has 1 heterocycles. The minimum absolute atomic E-state index is 0.0283. The third-order valence-electron chi connectivity index (χ3n) is 6.16. The summed E-state index contributed by atoms with van der Waals surface area (Å²) in [6, 6.07) is 16.8. The second-order valence-electron chi connectivity index (χ2n) is 8.83. The van der Waals surface area contributed by atoms with Crippen molar-refractivity contribution >= 4 is 17.6 Å². The lowest BCUT2D eigenvalue weighted by atomic mass is 10.1. The van der Waals surface area contributed by atoms with Crippen molar-refractivity contribution in [2.24, 2.45) is 4.99 Å². The maximum absolute atomic E-state index is 12.3. The SMILES string of the molecule is CCNC(=NCc1ccc(C(=O)NC(C)CC)cc1)NC(C)c1cccc(N2CCCC2)c1. The van der Waals surface area contributed by atoms with Gasteiger partial charge in [-0.05, 0) is 75.4 Å². The van der Waals surface area contributed by atoms with Crippen LogP contribution in [0.25, 0.3) is 0 Å². The van der Waals surface area contributed by atoms with Gasteiger partial charge >= 0.3 is 0 Å². The van der Waals surface area contributed by atoms with Crippen molar-refractivity contribution in [2.45, 2.75) is 65.6 Å². The standard InChI is InChI=1S/C27H39N5O/c1-5-20(3)30-26(33)23-14-12-22(13-15-23)19-29-27(28-6-2)31-21(4)24-10-9-11-25(18-24)32-16-7-8-17-32/h9-15,18,20-21H,5-8,16-17,19H2,1-4H3,(H,30,33)(H2,28,29,31). The molecule has 3 N–H and O–H groups in total. The fraction of sp³-hybridized carbons (Fsp3) is 0.481. The van der Waals surface area contributed by atoms with Crippen LogP contribution in [0.15, 0.2) is 53.5 Å². The zero-order chi connectivity index (χ0) is 23.6. The first kappa shape index (κ1) is 24.6. The topological polar surface area (TPSA) is 68.8 Å². The average molecular weight is 450 g/mol. The lowest BCUT2D eigenvalue weighted by Gasteiger charge is -2.22. The largest absolute Gasteiger partial charge is 0.372 e. The van der Waals surface area contributed by atoms with Crippen LogP contribution in [-0.4, -0.2) is 37.5 Å². The fourth-order valence-electron chi connectivity index (χ4n) is 3.92. The number of hydrogen-bond donors (Lipinski definition) is 3. The monoisotopic (exact) mass is 449 g/mol. The molecule has 1 aliphatic heterocycles. The Balaban J connectivity index is 1.62. The number of rotatable bonds is 9. The molecule has 1 fully saturated rings. The van der Waals surface area contributed by atoms with Gasteiger partial charge in [-0.3, -0.25) is 4.79 Å². The van der Waals surface area contributed by atoms with Gasteiger partial charge in [0.1, 0.15) is 0 Å². The highest BCUT2D eigenvalue weighted by Crippen LogP contribution is 2.24. The van der Waals surface area contributed by atoms with E-state index in [9.17, 15) is 4.79 Å². The molecule has 6 nitrogen and oxygen atoms in total. The van der Waals surface area contributed by atoms with Gasteiger partial charge in [0.05, 0.1) is 12.6 Å². The Morgan fingerprint density at radius 3 is 2.42 bits per heavy atom. The maximum atomic E-state index is 12.3. The molecule has 33 heavy (non-hydrogen) atoms. The Bertz CT molecular complexity index is 918. The van der Waals surface area contributed by atoms with E-state index in [4.69, 9.17) is 4.99 Å². The predicted molar refractivity (Wildman–Crippen MR) is 138 cm³/mol. The van der Waals surface area contributed by atoms with E-state index in [1.54, 1.807) is 0 Å². The molecule has 0 aromatic heterocycles. The molecule has 0 radical (unpaired) electrons. The predicted octanol–water partition coefficient (Wildman–Crippen LogP) is 4.63. The molecule has 1 amide bonds. The van der Waals surface area contributed by atoms with E-state index in [0.717, 1.165) is 37.6 Å². The van der Waals surface area contributed by atoms with Crippen LogP contribution in [0.3, 0.4) is 0 Å². The first-order chi connectivity index (χ1) is 16.0. The van der Waals surface area contributed by atoms with Crippen LogP contribution in [-0.2, 0) is 6.54 Å². The Hall–Kier alpha value is -3.02. The number of anilines is 1. The van der Waals surface area contributed by atoms with Crippen LogP contribution >= 0.6 is 0 Å². The van der Waals surface area contributed by atoms with Gasteiger partial charge in [-0.1, -0.05) is 31.2 Å². The highest BCUT2D eigenvalue weighted by molar-refractivity contribution is 5.94. The van der Waals surface area contributed by atoms with E-state index < -0.39 is 0 Å². The molecule has 2 aromatic carbocycles. The van der Waals surface area contributed by atoms with Crippen molar-refractivity contribution < 1.29 is 4.79 Å². The van der Waals surface area contributed by atoms with E-state index in [2.05, 4.69) is 65.9 Å². The fourth-order valence-corrected chi connectivity index (χ4v) is 3.92. The second kappa shape index (κ2) is 12.3. The Morgan fingerprint density at radius 1 is 1.03 bits per heavy atom. The highest BCUT2D eigenvalue weighted by atomic mass is 16.1. The van der Waals surface area contributed by atoms with Crippen molar-refractivity contribution in [3.8, 4) is 0 Å². The average Bonchev–Trinajstić information content (AvgIpc) is 3.38. The van der Waals surface area contributed by atoms with Gasteiger partial charge in [0.25, 0.3) is 5.91 Å². The molecule has 0 aliphatic carbocycles. The van der Waals surface area contributed by atoms with Gasteiger partial charge in [-0.15, -0.1) is 0 Å². The van der Waals surface area contributed by atoms with Crippen molar-refractivity contribution in [1.29, 1.82) is 0 Å². The Labute approximate surface area is 198 Å². The summed E-state index contributed by atoms with van der Waals surface area (Å²) in [4.78, 5) is 19.5. The molecular formula is C27H39N5O. The number of aliphatic imine (C=N–C) groups is 1. The first-order valence-electron chi connectivity index (χ1n) is 12.3. The molecule has 1 saturated heterocycles. The minimum atomic E-state index is -0.0283. The molecule has 1 aliphatic rings. The Kier molecular flexibility index (Phi) is 9.16. The molecule has 2 unspecified atom stereocenters. The molecule has 178 valence electrons. The van der Waals surface area contributed by atoms with Crippen LogP contribution in [0.4, 0.5) is 5.69 Å². The van der Waals surface area contributed by atoms with Crippen LogP contribution in [0.5, 0.6) is 0 Å². The molecule has 0 saturated carbocycles. The van der Waals surface area contributed by atoms with Crippen LogP contribution in [0, 0.1) is 0 Å². The molecule has 3 rings (SSSR count). The number of nitrogens with one attached hydrogen (secondary N) is 3. The maximum Gasteiger partial charge on any atom is 0.251 e. The second-order valence-corrected chi connectivity index (χ2v) is 8.83. The number of guanidine groups is 1. The van der Waals surface area contributed by atoms with E-state index >= 15 is 0 Å². The molecule has 6 heteroatoms. The summed E-state index contributed by atoms with van der Waals surface area (Å²) in [7, 11) is 0. The van der Waals surface area contributed by atoms with Gasteiger partial charge < -0.3 is 20.9 Å². The number of benzene rings is 2. The summed E-state index contributed by atoms with van der Waals surface area (Å²) in [6.07, 6.45) is 3.47. The number of nitrogens with zero attached hydrogens (tertiary/aromatic N) is 2. The molecular weight excluding hydrogens is 410 g/mol. The van der Waals surface area contributed by atoms with Crippen molar-refractivity contribution in [3.05, 3.63) is 65.2 Å². The number of carbonyl (C=O) groups is 1. The lowest BCUT2D eigenvalue weighted by molar-refractivity contribution is 0.0939. The van der Waals surface area contributed by atoms with E-state index in [0.29, 0.717) is 12.1 Å². The first-order valence-corrected chi connectivity index (χ1v) is 12.3. The van der Waals surface area contributed by atoms with Gasteiger partial charge in [0.2, 0.25) is 0 Å². The summed E-state index contributed by atoms with van der Waals surface area (Å²) in [5.74, 6) is 0.759. The smallest absolute Gasteiger partial charge is 0.251 e. The minimum Gasteiger partial charge on any atom is -0.372 e. The third kappa shape index (κ3) is 7.24. The quantitative estimate of drug-likeness (QED) is 0.386. The zero-order valence-electron chi connectivity index (χ0n) is 20.5.